The Morgan fingerprint density at radius 1 is 0.839 bits per heavy atom. The highest BCUT2D eigenvalue weighted by Gasteiger charge is 2.37. The summed E-state index contributed by atoms with van der Waals surface area (Å²) in [5.74, 6) is 4.35. The number of phenolic OH excluding ortho intramolecular Hbond substituents is 1. The van der Waals surface area contributed by atoms with Gasteiger partial charge < -0.3 is 5.11 Å². The maximum Gasteiger partial charge on any atom is 0.125 e. The number of nitrogens with zero attached hydrogens (tertiary/aromatic N) is 2. The van der Waals surface area contributed by atoms with Crippen molar-refractivity contribution in [1.82, 2.24) is 0 Å². The van der Waals surface area contributed by atoms with Gasteiger partial charge in [-0.2, -0.15) is 10.2 Å². The van der Waals surface area contributed by atoms with Crippen molar-refractivity contribution in [3.05, 3.63) is 47.7 Å². The molecule has 1 aliphatic heterocycles. The van der Waals surface area contributed by atoms with E-state index in [1.165, 1.54) is 56.9 Å². The van der Waals surface area contributed by atoms with Crippen molar-refractivity contribution in [3.63, 3.8) is 0 Å². The molecular formula is C28H40N2O. The van der Waals surface area contributed by atoms with Crippen molar-refractivity contribution >= 4 is 5.70 Å². The molecule has 2 fully saturated rings. The molecule has 1 heterocycles. The third-order valence-electron chi connectivity index (χ3n) is 8.24. The van der Waals surface area contributed by atoms with E-state index in [9.17, 15) is 5.11 Å². The van der Waals surface area contributed by atoms with Crippen LogP contribution in [0.3, 0.4) is 0 Å². The number of aromatic hydroxyl groups is 1. The van der Waals surface area contributed by atoms with Crippen molar-refractivity contribution in [2.24, 2.45) is 39.8 Å². The number of azo groups is 1. The summed E-state index contributed by atoms with van der Waals surface area (Å²) in [6, 6.07) is 7.66. The summed E-state index contributed by atoms with van der Waals surface area (Å²) in [6.45, 7) is 4.85. The summed E-state index contributed by atoms with van der Waals surface area (Å²) in [7, 11) is 0. The zero-order chi connectivity index (χ0) is 21.6. The Labute approximate surface area is 188 Å². The number of phenols is 1. The summed E-state index contributed by atoms with van der Waals surface area (Å²) >= 11 is 0. The van der Waals surface area contributed by atoms with Gasteiger partial charge in [-0.15, -0.1) is 0 Å². The minimum Gasteiger partial charge on any atom is -0.507 e. The number of hydrogen-bond donors (Lipinski definition) is 1. The second kappa shape index (κ2) is 10.6. The highest BCUT2D eigenvalue weighted by molar-refractivity contribution is 5.71. The van der Waals surface area contributed by atoms with E-state index in [2.05, 4.69) is 25.0 Å². The molecule has 3 aliphatic rings. The number of rotatable bonds is 1. The summed E-state index contributed by atoms with van der Waals surface area (Å²) < 4.78 is 0. The zero-order valence-corrected chi connectivity index (χ0v) is 19.5. The molecule has 0 aromatic heterocycles. The molecule has 4 bridgehead atoms. The Balaban J connectivity index is 1.78. The minimum atomic E-state index is 0.314. The lowest BCUT2D eigenvalue weighted by molar-refractivity contribution is 0.236. The molecule has 0 amide bonds. The first-order chi connectivity index (χ1) is 15.1. The monoisotopic (exact) mass is 420 g/mol. The first-order valence-electron chi connectivity index (χ1n) is 12.7. The van der Waals surface area contributed by atoms with Gasteiger partial charge in [-0.05, 0) is 105 Å². The Morgan fingerprint density at radius 2 is 1.58 bits per heavy atom. The molecule has 5 unspecified atom stereocenters. The van der Waals surface area contributed by atoms with Crippen LogP contribution in [0.15, 0.2) is 52.3 Å². The van der Waals surface area contributed by atoms with Crippen LogP contribution < -0.4 is 0 Å². The van der Waals surface area contributed by atoms with Crippen LogP contribution in [0.25, 0.3) is 5.70 Å². The van der Waals surface area contributed by atoms with Crippen LogP contribution in [-0.4, -0.2) is 5.11 Å². The summed E-state index contributed by atoms with van der Waals surface area (Å²) in [5, 5.41) is 19.8. The smallest absolute Gasteiger partial charge is 0.125 e. The molecule has 2 aliphatic carbocycles. The first kappa shape index (κ1) is 22.3. The van der Waals surface area contributed by atoms with Crippen molar-refractivity contribution in [1.29, 1.82) is 0 Å². The number of para-hydroxylation sites is 1. The predicted molar refractivity (Wildman–Crippen MR) is 129 cm³/mol. The highest BCUT2D eigenvalue weighted by Crippen LogP contribution is 2.48. The second-order valence-electron chi connectivity index (χ2n) is 10.5. The van der Waals surface area contributed by atoms with E-state index in [1.807, 2.05) is 24.4 Å². The van der Waals surface area contributed by atoms with Crippen LogP contribution in [0.5, 0.6) is 5.75 Å². The Morgan fingerprint density at radius 3 is 2.45 bits per heavy atom. The van der Waals surface area contributed by atoms with Gasteiger partial charge in [-0.25, -0.2) is 0 Å². The highest BCUT2D eigenvalue weighted by atomic mass is 16.3. The predicted octanol–water partition coefficient (Wildman–Crippen LogP) is 8.52. The molecule has 5 atom stereocenters. The lowest BCUT2D eigenvalue weighted by Crippen LogP contribution is -2.19. The van der Waals surface area contributed by atoms with Crippen molar-refractivity contribution in [2.75, 3.05) is 0 Å². The fourth-order valence-electron chi connectivity index (χ4n) is 6.23. The van der Waals surface area contributed by atoms with Gasteiger partial charge in [0.05, 0.1) is 5.70 Å². The Bertz CT molecular complexity index is 824. The number of hydrogen-bond acceptors (Lipinski definition) is 3. The fourth-order valence-corrected chi connectivity index (χ4v) is 6.23. The minimum absolute atomic E-state index is 0.314. The molecule has 0 spiro atoms. The van der Waals surface area contributed by atoms with E-state index in [-0.39, 0.29) is 0 Å². The van der Waals surface area contributed by atoms with Crippen LogP contribution in [0.4, 0.5) is 0 Å². The number of fused-ring (bicyclic) bond motifs is 1. The molecule has 4 rings (SSSR count). The number of allylic oxidation sites excluding steroid dienone is 2. The van der Waals surface area contributed by atoms with E-state index < -0.39 is 0 Å². The van der Waals surface area contributed by atoms with Crippen LogP contribution in [0, 0.1) is 29.6 Å². The fraction of sp³-hybridized carbons (Fsp3) is 0.643. The van der Waals surface area contributed by atoms with Gasteiger partial charge in [-0.3, -0.25) is 0 Å². The van der Waals surface area contributed by atoms with E-state index in [1.54, 1.807) is 6.07 Å². The third kappa shape index (κ3) is 5.67. The second-order valence-corrected chi connectivity index (χ2v) is 10.5. The van der Waals surface area contributed by atoms with Crippen molar-refractivity contribution < 1.29 is 5.11 Å². The van der Waals surface area contributed by atoms with E-state index in [0.29, 0.717) is 5.75 Å². The average molecular weight is 421 g/mol. The molecule has 3 nitrogen and oxygen atoms in total. The molecule has 3 heteroatoms. The van der Waals surface area contributed by atoms with Gasteiger partial charge in [0.1, 0.15) is 5.75 Å². The lowest BCUT2D eigenvalue weighted by Gasteiger charge is -2.30. The topological polar surface area (TPSA) is 45.0 Å². The van der Waals surface area contributed by atoms with Gasteiger partial charge in [0.2, 0.25) is 0 Å². The lowest BCUT2D eigenvalue weighted by atomic mass is 9.76. The molecule has 1 N–H and O–H groups in total. The maximum atomic E-state index is 10.6. The molecule has 1 aromatic rings. The van der Waals surface area contributed by atoms with Crippen LogP contribution in [-0.2, 0) is 0 Å². The van der Waals surface area contributed by atoms with E-state index >= 15 is 0 Å². The van der Waals surface area contributed by atoms with Crippen LogP contribution in [0.1, 0.15) is 90.0 Å². The SMILES string of the molecule is CC1CC/C2=C(c3ccccc3O)/N=N\C=C\CCC(C)CCC3C(CC1)CCC3C2. The van der Waals surface area contributed by atoms with E-state index in [4.69, 9.17) is 5.11 Å². The van der Waals surface area contributed by atoms with Gasteiger partial charge in [0.25, 0.3) is 0 Å². The Hall–Kier alpha value is -1.90. The molecule has 1 aromatic carbocycles. The van der Waals surface area contributed by atoms with Gasteiger partial charge in [0.15, 0.2) is 0 Å². The number of benzene rings is 1. The van der Waals surface area contributed by atoms with Gasteiger partial charge >= 0.3 is 0 Å². The molecular weight excluding hydrogens is 380 g/mol. The summed E-state index contributed by atoms with van der Waals surface area (Å²) in [6.07, 6.45) is 18.0. The summed E-state index contributed by atoms with van der Waals surface area (Å²) in [5.41, 5.74) is 3.17. The quantitative estimate of drug-likeness (QED) is 0.486. The molecule has 168 valence electrons. The summed E-state index contributed by atoms with van der Waals surface area (Å²) in [4.78, 5) is 0. The van der Waals surface area contributed by atoms with Gasteiger partial charge in [-0.1, -0.05) is 44.9 Å². The molecule has 2 saturated carbocycles. The Kier molecular flexibility index (Phi) is 7.63. The first-order valence-corrected chi connectivity index (χ1v) is 12.7. The molecule has 31 heavy (non-hydrogen) atoms. The van der Waals surface area contributed by atoms with E-state index in [0.717, 1.165) is 60.1 Å². The van der Waals surface area contributed by atoms with Gasteiger partial charge in [0, 0.05) is 11.8 Å². The third-order valence-corrected chi connectivity index (χ3v) is 8.24. The maximum absolute atomic E-state index is 10.6. The molecule has 0 saturated heterocycles. The van der Waals surface area contributed by atoms with Crippen molar-refractivity contribution in [3.8, 4) is 5.75 Å². The standard InChI is InChI=1S/C28H40N2O/c1-20-7-5-6-18-29-30-28(26-8-3-4-9-27(26)31)24-14-11-21(2)10-13-22-15-16-23(19-24)25(22)17-12-20/h3-4,6,8-9,18,20-23,25,31H,5,7,10-17,19H2,1-2H3/b18-6+,28-24-,30-29-. The van der Waals surface area contributed by atoms with Crippen molar-refractivity contribution in [2.45, 2.75) is 84.5 Å². The zero-order valence-electron chi connectivity index (χ0n) is 19.5. The van der Waals surface area contributed by atoms with Crippen LogP contribution in [0.2, 0.25) is 0 Å². The normalized spacial score (nSPS) is 37.2. The molecule has 0 radical (unpaired) electrons. The average Bonchev–Trinajstić information content (AvgIpc) is 3.13. The largest absolute Gasteiger partial charge is 0.507 e. The van der Waals surface area contributed by atoms with Crippen LogP contribution >= 0.6 is 0 Å².